The van der Waals surface area contributed by atoms with Gasteiger partial charge in [0.25, 0.3) is 0 Å². The first-order chi connectivity index (χ1) is 9.67. The number of aromatic nitrogens is 4. The highest BCUT2D eigenvalue weighted by Crippen LogP contribution is 2.30. The molecule has 0 saturated heterocycles. The lowest BCUT2D eigenvalue weighted by Gasteiger charge is -2.03. The summed E-state index contributed by atoms with van der Waals surface area (Å²) >= 11 is 3.13. The molecule has 0 radical (unpaired) electrons. The average molecular weight is 305 g/mol. The van der Waals surface area contributed by atoms with E-state index in [1.165, 1.54) is 11.8 Å². The Morgan fingerprint density at radius 2 is 2.00 bits per heavy atom. The molecule has 3 heterocycles. The van der Waals surface area contributed by atoms with E-state index in [1.54, 1.807) is 11.3 Å². The van der Waals surface area contributed by atoms with Crippen LogP contribution in [0.5, 0.6) is 0 Å². The monoisotopic (exact) mass is 305 g/mol. The lowest BCUT2D eigenvalue weighted by Crippen LogP contribution is -2.05. The summed E-state index contributed by atoms with van der Waals surface area (Å²) < 4.78 is 2.10. The fourth-order valence-electron chi connectivity index (χ4n) is 2.08. The summed E-state index contributed by atoms with van der Waals surface area (Å²) in [6.07, 6.45) is 2.83. The molecule has 2 N–H and O–H groups in total. The van der Waals surface area contributed by atoms with Crippen LogP contribution in [0.15, 0.2) is 27.8 Å². The van der Waals surface area contributed by atoms with Crippen LogP contribution in [-0.4, -0.2) is 25.9 Å². The zero-order valence-electron chi connectivity index (χ0n) is 11.3. The van der Waals surface area contributed by atoms with E-state index < -0.39 is 0 Å². The van der Waals surface area contributed by atoms with Crippen LogP contribution in [0, 0.1) is 13.8 Å². The summed E-state index contributed by atoms with van der Waals surface area (Å²) in [6, 6.07) is 1.97. The first kappa shape index (κ1) is 13.5. The molecule has 104 valence electrons. The number of rotatable bonds is 4. The Labute approximate surface area is 125 Å². The third-order valence-corrected chi connectivity index (χ3v) is 4.50. The number of thiazole rings is 1. The van der Waals surface area contributed by atoms with E-state index in [4.69, 9.17) is 5.73 Å². The third kappa shape index (κ3) is 2.56. The van der Waals surface area contributed by atoms with Gasteiger partial charge in [-0.05, 0) is 38.2 Å². The van der Waals surface area contributed by atoms with Gasteiger partial charge in [-0.2, -0.15) is 0 Å². The second kappa shape index (κ2) is 5.51. The number of hydrogen-bond donors (Lipinski definition) is 1. The van der Waals surface area contributed by atoms with Gasteiger partial charge in [0.15, 0.2) is 10.1 Å². The summed E-state index contributed by atoms with van der Waals surface area (Å²) in [5.74, 6) is 0. The molecule has 7 heteroatoms. The van der Waals surface area contributed by atoms with Crippen molar-refractivity contribution in [3.63, 3.8) is 0 Å². The lowest BCUT2D eigenvalue weighted by atomic mass is 10.3. The number of imidazole rings is 1. The summed E-state index contributed by atoms with van der Waals surface area (Å²) in [6.45, 7) is 4.56. The highest BCUT2D eigenvalue weighted by atomic mass is 32.2. The number of hydrogen-bond acceptors (Lipinski definition) is 6. The molecule has 3 aromatic rings. The summed E-state index contributed by atoms with van der Waals surface area (Å²) in [4.78, 5) is 14.6. The van der Waals surface area contributed by atoms with Crippen LogP contribution in [0.3, 0.4) is 0 Å². The molecular formula is C13H15N5S2. The van der Waals surface area contributed by atoms with E-state index in [-0.39, 0.29) is 0 Å². The highest BCUT2D eigenvalue weighted by molar-refractivity contribution is 7.99. The van der Waals surface area contributed by atoms with Crippen molar-refractivity contribution in [2.24, 2.45) is 5.73 Å². The van der Waals surface area contributed by atoms with Gasteiger partial charge in [0.2, 0.25) is 0 Å². The maximum absolute atomic E-state index is 5.71. The fourth-order valence-corrected chi connectivity index (χ4v) is 3.88. The van der Waals surface area contributed by atoms with Crippen LogP contribution in [0.2, 0.25) is 0 Å². The van der Waals surface area contributed by atoms with Crippen molar-refractivity contribution in [3.8, 4) is 0 Å². The Kier molecular flexibility index (Phi) is 3.73. The van der Waals surface area contributed by atoms with Crippen molar-refractivity contribution in [1.29, 1.82) is 0 Å². The van der Waals surface area contributed by atoms with Gasteiger partial charge in [0.05, 0.1) is 5.69 Å². The minimum atomic E-state index is 0.602. The van der Waals surface area contributed by atoms with Gasteiger partial charge >= 0.3 is 0 Å². The zero-order valence-corrected chi connectivity index (χ0v) is 13.0. The van der Waals surface area contributed by atoms with Gasteiger partial charge < -0.3 is 5.73 Å². The molecule has 0 fully saturated rings. The highest BCUT2D eigenvalue weighted by Gasteiger charge is 2.15. The van der Waals surface area contributed by atoms with E-state index in [2.05, 4.69) is 19.4 Å². The van der Waals surface area contributed by atoms with Crippen LogP contribution < -0.4 is 5.73 Å². The van der Waals surface area contributed by atoms with E-state index in [0.717, 1.165) is 38.6 Å². The third-order valence-electron chi connectivity index (χ3n) is 2.86. The lowest BCUT2D eigenvalue weighted by molar-refractivity contribution is 0.868. The number of aryl methyl sites for hydroxylation is 2. The SMILES string of the molecule is Cc1cc(C)nc(Sc2nc3sccn3c2CCN)n1. The predicted octanol–water partition coefficient (Wildman–Crippen LogP) is 2.46. The second-order valence-electron chi connectivity index (χ2n) is 4.49. The van der Waals surface area contributed by atoms with Crippen molar-refractivity contribution in [2.45, 2.75) is 30.5 Å². The molecule has 0 aliphatic heterocycles. The standard InChI is InChI=1S/C13H15N5S2/c1-8-7-9(2)16-12(15-8)20-11-10(3-4-14)18-5-6-19-13(18)17-11/h5-7H,3-4,14H2,1-2H3. The topological polar surface area (TPSA) is 69.1 Å². The molecule has 0 atom stereocenters. The van der Waals surface area contributed by atoms with Crippen molar-refractivity contribution in [3.05, 3.63) is 34.7 Å². The molecule has 0 saturated carbocycles. The minimum Gasteiger partial charge on any atom is -0.330 e. The molecule has 3 aromatic heterocycles. The Balaban J connectivity index is 2.00. The van der Waals surface area contributed by atoms with Crippen molar-refractivity contribution in [1.82, 2.24) is 19.4 Å². The second-order valence-corrected chi connectivity index (χ2v) is 6.32. The number of nitrogens with zero attached hydrogens (tertiary/aromatic N) is 4. The molecule has 0 bridgehead atoms. The first-order valence-electron chi connectivity index (χ1n) is 6.32. The summed E-state index contributed by atoms with van der Waals surface area (Å²) in [5, 5.41) is 3.73. The normalized spacial score (nSPS) is 11.3. The molecule has 0 spiro atoms. The molecule has 0 aromatic carbocycles. The average Bonchev–Trinajstić information content (AvgIpc) is 2.92. The zero-order chi connectivity index (χ0) is 14.1. The Morgan fingerprint density at radius 3 is 2.70 bits per heavy atom. The fraction of sp³-hybridized carbons (Fsp3) is 0.308. The van der Waals surface area contributed by atoms with Gasteiger partial charge in [0.1, 0.15) is 5.03 Å². The van der Waals surface area contributed by atoms with Gasteiger partial charge in [0, 0.05) is 29.4 Å². The molecular weight excluding hydrogens is 290 g/mol. The molecule has 20 heavy (non-hydrogen) atoms. The van der Waals surface area contributed by atoms with Gasteiger partial charge in [-0.15, -0.1) is 11.3 Å². The minimum absolute atomic E-state index is 0.602. The maximum atomic E-state index is 5.71. The quantitative estimate of drug-likeness (QED) is 0.750. The first-order valence-corrected chi connectivity index (χ1v) is 8.01. The van der Waals surface area contributed by atoms with E-state index in [1.807, 2.05) is 31.5 Å². The van der Waals surface area contributed by atoms with Crippen molar-refractivity contribution < 1.29 is 0 Å². The van der Waals surface area contributed by atoms with Gasteiger partial charge in [-0.25, -0.2) is 15.0 Å². The van der Waals surface area contributed by atoms with E-state index >= 15 is 0 Å². The van der Waals surface area contributed by atoms with E-state index in [9.17, 15) is 0 Å². The molecule has 3 rings (SSSR count). The van der Waals surface area contributed by atoms with Crippen molar-refractivity contribution >= 4 is 28.1 Å². The molecule has 0 unspecified atom stereocenters. The molecule has 0 amide bonds. The largest absolute Gasteiger partial charge is 0.330 e. The number of nitrogens with two attached hydrogens (primary N) is 1. The maximum Gasteiger partial charge on any atom is 0.194 e. The van der Waals surface area contributed by atoms with Gasteiger partial charge in [-0.1, -0.05) is 0 Å². The summed E-state index contributed by atoms with van der Waals surface area (Å²) in [7, 11) is 0. The van der Waals surface area contributed by atoms with Crippen LogP contribution >= 0.6 is 23.1 Å². The van der Waals surface area contributed by atoms with E-state index in [0.29, 0.717) is 6.54 Å². The smallest absolute Gasteiger partial charge is 0.194 e. The Morgan fingerprint density at radius 1 is 1.25 bits per heavy atom. The van der Waals surface area contributed by atoms with Crippen LogP contribution in [-0.2, 0) is 6.42 Å². The van der Waals surface area contributed by atoms with Crippen molar-refractivity contribution in [2.75, 3.05) is 6.54 Å². The Bertz CT molecular complexity index is 726. The summed E-state index contributed by atoms with van der Waals surface area (Å²) in [5.41, 5.74) is 8.79. The molecule has 0 aliphatic carbocycles. The van der Waals surface area contributed by atoms with Crippen LogP contribution in [0.4, 0.5) is 0 Å². The predicted molar refractivity (Wildman–Crippen MR) is 81.5 cm³/mol. The van der Waals surface area contributed by atoms with Gasteiger partial charge in [-0.3, -0.25) is 4.40 Å². The Hall–Kier alpha value is -1.44. The van der Waals surface area contributed by atoms with Crippen LogP contribution in [0.1, 0.15) is 17.1 Å². The molecule has 5 nitrogen and oxygen atoms in total. The number of fused-ring (bicyclic) bond motifs is 1. The molecule has 0 aliphatic rings. The van der Waals surface area contributed by atoms with Crippen LogP contribution in [0.25, 0.3) is 4.96 Å².